The zero-order valence-corrected chi connectivity index (χ0v) is 18.6. The Kier molecular flexibility index (Phi) is 8.04. The Balaban J connectivity index is 2.04. The molecule has 2 N–H and O–H groups in total. The number of amides is 1. The lowest BCUT2D eigenvalue weighted by Gasteiger charge is -2.18. The molecule has 0 aromatic carbocycles. The van der Waals surface area contributed by atoms with Crippen molar-refractivity contribution in [3.63, 3.8) is 0 Å². The molecule has 156 valence electrons. The molecule has 2 rings (SSSR count). The van der Waals surface area contributed by atoms with Crippen molar-refractivity contribution in [3.8, 4) is 0 Å². The number of fused-ring (bicyclic) bond motifs is 1. The van der Waals surface area contributed by atoms with E-state index >= 15 is 0 Å². The van der Waals surface area contributed by atoms with E-state index in [2.05, 4.69) is 43.3 Å². The molecule has 0 aliphatic rings. The van der Waals surface area contributed by atoms with E-state index < -0.39 is 5.63 Å². The molecule has 0 bridgehead atoms. The van der Waals surface area contributed by atoms with E-state index in [4.69, 9.17) is 4.42 Å². The second-order valence-corrected chi connectivity index (χ2v) is 9.48. The highest BCUT2D eigenvalue weighted by Gasteiger charge is 2.21. The molecule has 0 fully saturated rings. The number of rotatable bonds is 10. The molecule has 2 aromatic heterocycles. The van der Waals surface area contributed by atoms with Crippen molar-refractivity contribution < 1.29 is 9.21 Å². The number of hydrogen-bond acceptors (Lipinski definition) is 6. The number of nitrogens with zero attached hydrogens (tertiary/aromatic N) is 1. The monoisotopic (exact) mass is 407 g/mol. The lowest BCUT2D eigenvalue weighted by Crippen LogP contribution is -2.32. The minimum atomic E-state index is -0.445. The van der Waals surface area contributed by atoms with Crippen LogP contribution in [0.15, 0.2) is 9.21 Å². The van der Waals surface area contributed by atoms with E-state index in [9.17, 15) is 9.59 Å². The van der Waals surface area contributed by atoms with E-state index in [1.54, 1.807) is 6.92 Å². The van der Waals surface area contributed by atoms with Crippen molar-refractivity contribution in [3.05, 3.63) is 20.9 Å². The molecule has 7 heteroatoms. The lowest BCUT2D eigenvalue weighted by molar-refractivity contribution is 0.0943. The van der Waals surface area contributed by atoms with Crippen molar-refractivity contribution in [1.82, 2.24) is 10.3 Å². The second-order valence-electron chi connectivity index (χ2n) is 8.48. The number of carbonyl (C=O) groups excluding carboxylic acids is 1. The van der Waals surface area contributed by atoms with Crippen LogP contribution in [-0.2, 0) is 0 Å². The highest BCUT2D eigenvalue weighted by atomic mass is 32.1. The van der Waals surface area contributed by atoms with E-state index in [-0.39, 0.29) is 17.3 Å². The van der Waals surface area contributed by atoms with Gasteiger partial charge in [0.1, 0.15) is 10.2 Å². The number of carbonyl (C=O) groups is 1. The average Bonchev–Trinajstić information content (AvgIpc) is 2.95. The normalized spacial score (nSPS) is 11.8. The SMILES string of the molecule is CCCCCCCCNc1nc2sc(C(=O)NCC(C)(C)C)c(C)c2c(=O)o1. The fourth-order valence-corrected chi connectivity index (χ4v) is 3.97. The van der Waals surface area contributed by atoms with Crippen LogP contribution in [0, 0.1) is 12.3 Å². The van der Waals surface area contributed by atoms with Crippen LogP contribution in [0.3, 0.4) is 0 Å². The van der Waals surface area contributed by atoms with Crippen LogP contribution in [-0.4, -0.2) is 24.0 Å². The number of aryl methyl sites for hydroxylation is 1. The first-order valence-corrected chi connectivity index (χ1v) is 11.0. The number of hydrogen-bond donors (Lipinski definition) is 2. The van der Waals surface area contributed by atoms with Crippen LogP contribution in [0.1, 0.15) is 81.5 Å². The summed E-state index contributed by atoms with van der Waals surface area (Å²) < 4.78 is 5.32. The van der Waals surface area contributed by atoms with Crippen LogP contribution in [0.2, 0.25) is 0 Å². The Morgan fingerprint density at radius 2 is 1.82 bits per heavy atom. The van der Waals surface area contributed by atoms with Crippen LogP contribution in [0.4, 0.5) is 6.01 Å². The molecule has 0 radical (unpaired) electrons. The van der Waals surface area contributed by atoms with Crippen molar-refractivity contribution >= 4 is 33.5 Å². The third-order valence-electron chi connectivity index (χ3n) is 4.52. The van der Waals surface area contributed by atoms with Gasteiger partial charge in [0.25, 0.3) is 11.9 Å². The molecule has 6 nitrogen and oxygen atoms in total. The summed E-state index contributed by atoms with van der Waals surface area (Å²) >= 11 is 1.24. The Hall–Kier alpha value is -1.89. The predicted octanol–water partition coefficient (Wildman–Crippen LogP) is 5.11. The fourth-order valence-electron chi connectivity index (χ4n) is 2.89. The first-order chi connectivity index (χ1) is 13.2. The Labute approximate surface area is 171 Å². The largest absolute Gasteiger partial charge is 0.389 e. The summed E-state index contributed by atoms with van der Waals surface area (Å²) in [5, 5.41) is 6.43. The molecule has 0 unspecified atom stereocenters. The Morgan fingerprint density at radius 3 is 2.50 bits per heavy atom. The first kappa shape index (κ1) is 22.4. The predicted molar refractivity (Wildman–Crippen MR) is 117 cm³/mol. The molecule has 0 spiro atoms. The van der Waals surface area contributed by atoms with Gasteiger partial charge in [-0.3, -0.25) is 4.79 Å². The first-order valence-electron chi connectivity index (χ1n) is 10.2. The maximum atomic E-state index is 12.5. The smallest absolute Gasteiger partial charge is 0.349 e. The van der Waals surface area contributed by atoms with Gasteiger partial charge in [0.15, 0.2) is 0 Å². The van der Waals surface area contributed by atoms with Gasteiger partial charge in [-0.2, -0.15) is 4.98 Å². The molecule has 0 saturated carbocycles. The number of anilines is 1. The summed E-state index contributed by atoms with van der Waals surface area (Å²) in [5.74, 6) is -0.170. The van der Waals surface area contributed by atoms with E-state index in [1.807, 2.05) is 0 Å². The van der Waals surface area contributed by atoms with Gasteiger partial charge in [0, 0.05) is 13.1 Å². The van der Waals surface area contributed by atoms with Gasteiger partial charge >= 0.3 is 5.63 Å². The molecular weight excluding hydrogens is 374 g/mol. The van der Waals surface area contributed by atoms with Crippen LogP contribution >= 0.6 is 11.3 Å². The van der Waals surface area contributed by atoms with Gasteiger partial charge < -0.3 is 15.1 Å². The third kappa shape index (κ3) is 6.33. The Morgan fingerprint density at radius 1 is 1.14 bits per heavy atom. The number of nitrogens with one attached hydrogen (secondary N) is 2. The van der Waals surface area contributed by atoms with Gasteiger partial charge in [-0.25, -0.2) is 4.79 Å². The van der Waals surface area contributed by atoms with Gasteiger partial charge in [0.05, 0.1) is 4.88 Å². The van der Waals surface area contributed by atoms with Gasteiger partial charge in [-0.05, 0) is 24.3 Å². The quantitative estimate of drug-likeness (QED) is 0.535. The fraction of sp³-hybridized carbons (Fsp3) is 0.667. The maximum Gasteiger partial charge on any atom is 0.349 e. The highest BCUT2D eigenvalue weighted by Crippen LogP contribution is 2.28. The molecular formula is C21H33N3O3S. The molecule has 0 atom stereocenters. The minimum Gasteiger partial charge on any atom is -0.389 e. The molecule has 2 aromatic rings. The summed E-state index contributed by atoms with van der Waals surface area (Å²) in [6, 6.07) is 0.231. The molecule has 1 amide bonds. The topological polar surface area (TPSA) is 84.2 Å². The zero-order chi connectivity index (χ0) is 20.7. The molecule has 28 heavy (non-hydrogen) atoms. The van der Waals surface area contributed by atoms with Gasteiger partial charge in [0.2, 0.25) is 0 Å². The standard InChI is InChI=1S/C21H33N3O3S/c1-6-7-8-9-10-11-12-22-20-24-18-15(19(26)27-20)14(2)16(28-18)17(25)23-13-21(3,4)5/h6-13H2,1-5H3,(H,22,24)(H,23,25). The molecule has 2 heterocycles. The highest BCUT2D eigenvalue weighted by molar-refractivity contribution is 7.20. The molecule has 0 aliphatic heterocycles. The van der Waals surface area contributed by atoms with Crippen molar-refractivity contribution in [2.24, 2.45) is 5.41 Å². The Bertz CT molecular complexity index is 849. The lowest BCUT2D eigenvalue weighted by atomic mass is 9.97. The van der Waals surface area contributed by atoms with Crippen molar-refractivity contribution in [1.29, 1.82) is 0 Å². The average molecular weight is 408 g/mol. The van der Waals surface area contributed by atoms with E-state index in [1.165, 1.54) is 37.0 Å². The number of unbranched alkanes of at least 4 members (excludes halogenated alkanes) is 5. The number of thiophene rings is 1. The van der Waals surface area contributed by atoms with Crippen molar-refractivity contribution in [2.45, 2.75) is 73.1 Å². The van der Waals surface area contributed by atoms with Crippen LogP contribution in [0.25, 0.3) is 10.2 Å². The summed E-state index contributed by atoms with van der Waals surface area (Å²) in [7, 11) is 0. The van der Waals surface area contributed by atoms with Crippen LogP contribution < -0.4 is 16.3 Å². The van der Waals surface area contributed by atoms with Gasteiger partial charge in [-0.1, -0.05) is 59.8 Å². The summed E-state index contributed by atoms with van der Waals surface area (Å²) in [6.07, 6.45) is 7.17. The number of aromatic nitrogens is 1. The van der Waals surface area contributed by atoms with E-state index in [0.717, 1.165) is 19.4 Å². The second kappa shape index (κ2) is 10.0. The molecule has 0 saturated heterocycles. The summed E-state index contributed by atoms with van der Waals surface area (Å²) in [6.45, 7) is 11.4. The summed E-state index contributed by atoms with van der Waals surface area (Å²) in [4.78, 5) is 30.4. The van der Waals surface area contributed by atoms with Gasteiger partial charge in [-0.15, -0.1) is 11.3 Å². The minimum absolute atomic E-state index is 0.00878. The summed E-state index contributed by atoms with van der Waals surface area (Å²) in [5.41, 5.74) is 0.180. The zero-order valence-electron chi connectivity index (χ0n) is 17.7. The van der Waals surface area contributed by atoms with Crippen LogP contribution in [0.5, 0.6) is 0 Å². The van der Waals surface area contributed by atoms with E-state index in [0.29, 0.717) is 27.2 Å². The van der Waals surface area contributed by atoms with Crippen molar-refractivity contribution in [2.75, 3.05) is 18.4 Å². The third-order valence-corrected chi connectivity index (χ3v) is 5.70. The maximum absolute atomic E-state index is 12.5. The molecule has 0 aliphatic carbocycles.